The average Bonchev–Trinajstić information content (AvgIpc) is 2.40. The fraction of sp³-hybridized carbons (Fsp3) is 0.429. The first-order valence-corrected chi connectivity index (χ1v) is 6.85. The molecule has 0 aliphatic carbocycles. The van der Waals surface area contributed by atoms with Crippen LogP contribution < -0.4 is 10.6 Å². The van der Waals surface area contributed by atoms with E-state index in [0.717, 1.165) is 13.0 Å². The lowest BCUT2D eigenvalue weighted by Crippen LogP contribution is -2.28. The van der Waals surface area contributed by atoms with Gasteiger partial charge in [0.25, 0.3) is 5.91 Å². The lowest BCUT2D eigenvalue weighted by atomic mass is 10.2. The van der Waals surface area contributed by atoms with Gasteiger partial charge in [-0.25, -0.2) is 0 Å². The van der Waals surface area contributed by atoms with Crippen LogP contribution in [0.1, 0.15) is 23.7 Å². The van der Waals surface area contributed by atoms with Gasteiger partial charge in [-0.1, -0.05) is 18.5 Å². The van der Waals surface area contributed by atoms with Crippen molar-refractivity contribution in [3.63, 3.8) is 0 Å². The number of hydrogen-bond donors (Lipinski definition) is 2. The van der Waals surface area contributed by atoms with Crippen LogP contribution >= 0.6 is 11.6 Å². The maximum absolute atomic E-state index is 11.9. The SMILES string of the molecule is CCCNCC(=O)Nc1cc(C(=O)N(C)C)ccc1Cl. The van der Waals surface area contributed by atoms with Gasteiger partial charge in [0.2, 0.25) is 5.91 Å². The molecule has 6 heteroatoms. The molecule has 5 nitrogen and oxygen atoms in total. The molecule has 1 rings (SSSR count). The molecular weight excluding hydrogens is 278 g/mol. The van der Waals surface area contributed by atoms with Crippen LogP contribution in [0.4, 0.5) is 5.69 Å². The highest BCUT2D eigenvalue weighted by molar-refractivity contribution is 6.33. The van der Waals surface area contributed by atoms with Crippen molar-refractivity contribution in [2.45, 2.75) is 13.3 Å². The minimum Gasteiger partial charge on any atom is -0.345 e. The van der Waals surface area contributed by atoms with Crippen LogP contribution in [0.25, 0.3) is 0 Å². The van der Waals surface area contributed by atoms with E-state index in [4.69, 9.17) is 11.6 Å². The van der Waals surface area contributed by atoms with E-state index in [0.29, 0.717) is 16.3 Å². The monoisotopic (exact) mass is 297 g/mol. The second kappa shape index (κ2) is 7.87. The number of rotatable bonds is 6. The summed E-state index contributed by atoms with van der Waals surface area (Å²) in [6.07, 6.45) is 0.959. The third kappa shape index (κ3) is 4.83. The van der Waals surface area contributed by atoms with Gasteiger partial charge in [0.1, 0.15) is 0 Å². The summed E-state index contributed by atoms with van der Waals surface area (Å²) in [4.78, 5) is 25.1. The summed E-state index contributed by atoms with van der Waals surface area (Å²) in [7, 11) is 3.34. The largest absolute Gasteiger partial charge is 0.345 e. The molecule has 0 aliphatic heterocycles. The highest BCUT2D eigenvalue weighted by Gasteiger charge is 2.12. The Balaban J connectivity index is 2.76. The molecule has 2 N–H and O–H groups in total. The van der Waals surface area contributed by atoms with Crippen molar-refractivity contribution < 1.29 is 9.59 Å². The number of hydrogen-bond acceptors (Lipinski definition) is 3. The topological polar surface area (TPSA) is 61.4 Å². The zero-order valence-electron chi connectivity index (χ0n) is 12.0. The maximum Gasteiger partial charge on any atom is 0.253 e. The number of carbonyl (C=O) groups is 2. The zero-order chi connectivity index (χ0) is 15.1. The molecule has 0 fully saturated rings. The van der Waals surface area contributed by atoms with Gasteiger partial charge in [0.15, 0.2) is 0 Å². The van der Waals surface area contributed by atoms with Crippen LogP contribution in [0, 0.1) is 0 Å². The number of carbonyl (C=O) groups excluding carboxylic acids is 2. The van der Waals surface area contributed by atoms with Gasteiger partial charge in [-0.05, 0) is 31.2 Å². The van der Waals surface area contributed by atoms with E-state index in [1.165, 1.54) is 4.90 Å². The number of halogens is 1. The second-order valence-electron chi connectivity index (χ2n) is 4.62. The first-order valence-electron chi connectivity index (χ1n) is 6.47. The molecule has 0 atom stereocenters. The molecule has 1 aromatic carbocycles. The van der Waals surface area contributed by atoms with Crippen molar-refractivity contribution >= 4 is 29.1 Å². The summed E-state index contributed by atoms with van der Waals surface area (Å²) < 4.78 is 0. The van der Waals surface area contributed by atoms with Crippen LogP contribution in [0.5, 0.6) is 0 Å². The van der Waals surface area contributed by atoms with Crippen molar-refractivity contribution in [3.8, 4) is 0 Å². The van der Waals surface area contributed by atoms with Crippen LogP contribution in [0.15, 0.2) is 18.2 Å². The number of amides is 2. The van der Waals surface area contributed by atoms with E-state index < -0.39 is 0 Å². The van der Waals surface area contributed by atoms with Gasteiger partial charge in [-0.3, -0.25) is 9.59 Å². The molecule has 0 unspecified atom stereocenters. The normalized spacial score (nSPS) is 10.2. The summed E-state index contributed by atoms with van der Waals surface area (Å²) in [5.74, 6) is -0.323. The van der Waals surface area contributed by atoms with Gasteiger partial charge in [-0.15, -0.1) is 0 Å². The molecule has 0 saturated heterocycles. The quantitative estimate of drug-likeness (QED) is 0.789. The third-order valence-corrected chi connectivity index (χ3v) is 2.94. The van der Waals surface area contributed by atoms with Gasteiger partial charge in [0.05, 0.1) is 17.3 Å². The molecule has 20 heavy (non-hydrogen) atoms. The lowest BCUT2D eigenvalue weighted by molar-refractivity contribution is -0.115. The Hall–Kier alpha value is -1.59. The van der Waals surface area contributed by atoms with E-state index in [1.54, 1.807) is 32.3 Å². The van der Waals surface area contributed by atoms with E-state index in [1.807, 2.05) is 6.92 Å². The van der Waals surface area contributed by atoms with Gasteiger partial charge < -0.3 is 15.5 Å². The number of nitrogens with one attached hydrogen (secondary N) is 2. The molecule has 2 amide bonds. The fourth-order valence-electron chi connectivity index (χ4n) is 1.59. The molecular formula is C14H20ClN3O2. The standard InChI is InChI=1S/C14H20ClN3O2/c1-4-7-16-9-13(19)17-12-8-10(5-6-11(12)15)14(20)18(2)3/h5-6,8,16H,4,7,9H2,1-3H3,(H,17,19). The highest BCUT2D eigenvalue weighted by atomic mass is 35.5. The fourth-order valence-corrected chi connectivity index (χ4v) is 1.75. The predicted octanol–water partition coefficient (Wildman–Crippen LogP) is 1.98. The Labute approximate surface area is 124 Å². The average molecular weight is 298 g/mol. The summed E-state index contributed by atoms with van der Waals surface area (Å²) in [5, 5.41) is 6.11. The minimum absolute atomic E-state index is 0.138. The molecule has 1 aromatic rings. The maximum atomic E-state index is 11.9. The lowest BCUT2D eigenvalue weighted by Gasteiger charge is -2.13. The van der Waals surface area contributed by atoms with E-state index >= 15 is 0 Å². The number of anilines is 1. The Morgan fingerprint density at radius 1 is 1.30 bits per heavy atom. The molecule has 0 radical (unpaired) electrons. The highest BCUT2D eigenvalue weighted by Crippen LogP contribution is 2.23. The Morgan fingerprint density at radius 3 is 2.60 bits per heavy atom. The van der Waals surface area contributed by atoms with E-state index in [-0.39, 0.29) is 18.4 Å². The van der Waals surface area contributed by atoms with Gasteiger partial charge >= 0.3 is 0 Å². The Kier molecular flexibility index (Phi) is 6.48. The molecule has 0 aromatic heterocycles. The molecule has 110 valence electrons. The Bertz CT molecular complexity index is 489. The summed E-state index contributed by atoms with van der Waals surface area (Å²) >= 11 is 6.03. The van der Waals surface area contributed by atoms with Crippen molar-refractivity contribution in [2.24, 2.45) is 0 Å². The van der Waals surface area contributed by atoms with Crippen LogP contribution in [0.2, 0.25) is 5.02 Å². The van der Waals surface area contributed by atoms with E-state index in [2.05, 4.69) is 10.6 Å². The van der Waals surface area contributed by atoms with Crippen molar-refractivity contribution in [1.82, 2.24) is 10.2 Å². The van der Waals surface area contributed by atoms with Crippen LogP contribution in [0.3, 0.4) is 0 Å². The van der Waals surface area contributed by atoms with Gasteiger partial charge in [-0.2, -0.15) is 0 Å². The molecule has 0 aliphatic rings. The Morgan fingerprint density at radius 2 is 2.00 bits per heavy atom. The first kappa shape index (κ1) is 16.5. The van der Waals surface area contributed by atoms with Crippen molar-refractivity contribution in [3.05, 3.63) is 28.8 Å². The number of nitrogens with zero attached hydrogens (tertiary/aromatic N) is 1. The smallest absolute Gasteiger partial charge is 0.253 e. The zero-order valence-corrected chi connectivity index (χ0v) is 12.8. The van der Waals surface area contributed by atoms with E-state index in [9.17, 15) is 9.59 Å². The molecule has 0 heterocycles. The predicted molar refractivity (Wildman–Crippen MR) is 81.3 cm³/mol. The van der Waals surface area contributed by atoms with Crippen LogP contribution in [-0.4, -0.2) is 43.9 Å². The summed E-state index contributed by atoms with van der Waals surface area (Å²) in [6, 6.07) is 4.82. The second-order valence-corrected chi connectivity index (χ2v) is 5.03. The minimum atomic E-state index is -0.185. The molecule has 0 bridgehead atoms. The first-order chi connectivity index (χ1) is 9.45. The van der Waals surface area contributed by atoms with Crippen LogP contribution in [-0.2, 0) is 4.79 Å². The third-order valence-electron chi connectivity index (χ3n) is 2.61. The summed E-state index contributed by atoms with van der Waals surface area (Å²) in [5.41, 5.74) is 0.930. The molecule has 0 saturated carbocycles. The number of benzene rings is 1. The van der Waals surface area contributed by atoms with Crippen molar-refractivity contribution in [2.75, 3.05) is 32.5 Å². The molecule has 0 spiro atoms. The summed E-state index contributed by atoms with van der Waals surface area (Å²) in [6.45, 7) is 3.02. The van der Waals surface area contributed by atoms with Crippen molar-refractivity contribution in [1.29, 1.82) is 0 Å². The van der Waals surface area contributed by atoms with Gasteiger partial charge in [0, 0.05) is 19.7 Å².